The molecular formula is C17H20N4O. The molecule has 0 atom stereocenters. The van der Waals surface area contributed by atoms with Crippen molar-refractivity contribution in [3.05, 3.63) is 54.1 Å². The number of nitrogens with zero attached hydrogens (tertiary/aromatic N) is 3. The van der Waals surface area contributed by atoms with Crippen LogP contribution in [0, 0.1) is 0 Å². The highest BCUT2D eigenvalue weighted by Crippen LogP contribution is 2.27. The second kappa shape index (κ2) is 6.93. The molecule has 1 aromatic carbocycles. The maximum absolute atomic E-state index is 5.84. The van der Waals surface area contributed by atoms with Gasteiger partial charge in [0.15, 0.2) is 17.3 Å². The van der Waals surface area contributed by atoms with Crippen molar-refractivity contribution in [3.8, 4) is 0 Å². The summed E-state index contributed by atoms with van der Waals surface area (Å²) in [5, 5.41) is 3.02. The van der Waals surface area contributed by atoms with Crippen molar-refractivity contribution in [3.63, 3.8) is 0 Å². The van der Waals surface area contributed by atoms with Gasteiger partial charge in [0, 0.05) is 6.20 Å². The van der Waals surface area contributed by atoms with Crippen LogP contribution in [0.2, 0.25) is 0 Å². The van der Waals surface area contributed by atoms with Gasteiger partial charge in [0.05, 0.1) is 25.8 Å². The molecule has 1 aliphatic rings. The summed E-state index contributed by atoms with van der Waals surface area (Å²) in [5.74, 6) is 1.56. The quantitative estimate of drug-likeness (QED) is 0.832. The van der Waals surface area contributed by atoms with Gasteiger partial charge < -0.3 is 14.6 Å². The lowest BCUT2D eigenvalue weighted by Gasteiger charge is -2.08. The fraction of sp³-hybridized carbons (Fsp3) is 0.294. The summed E-state index contributed by atoms with van der Waals surface area (Å²) >= 11 is 0. The number of unbranched alkanes of at least 4 members (excludes halogenated alkanes) is 1. The van der Waals surface area contributed by atoms with Gasteiger partial charge in [-0.15, -0.1) is 0 Å². The average Bonchev–Trinajstić information content (AvgIpc) is 2.82. The first-order valence-electron chi connectivity index (χ1n) is 7.59. The van der Waals surface area contributed by atoms with E-state index in [0.29, 0.717) is 6.61 Å². The summed E-state index contributed by atoms with van der Waals surface area (Å²) in [7, 11) is 0. The number of hydrogen-bond acceptors (Lipinski definition) is 4. The first-order valence-corrected chi connectivity index (χ1v) is 7.59. The zero-order chi connectivity index (χ0) is 15.2. The Balaban J connectivity index is 1.83. The Kier molecular flexibility index (Phi) is 4.53. The van der Waals surface area contributed by atoms with E-state index in [0.717, 1.165) is 36.7 Å². The first-order chi connectivity index (χ1) is 10.9. The summed E-state index contributed by atoms with van der Waals surface area (Å²) in [6, 6.07) is 10.3. The van der Waals surface area contributed by atoms with E-state index in [4.69, 9.17) is 4.74 Å². The van der Waals surface area contributed by atoms with Crippen molar-refractivity contribution in [1.82, 2.24) is 14.9 Å². The van der Waals surface area contributed by atoms with Gasteiger partial charge in [-0.2, -0.15) is 0 Å². The Labute approximate surface area is 130 Å². The van der Waals surface area contributed by atoms with Crippen LogP contribution in [0.3, 0.4) is 0 Å². The molecule has 0 spiro atoms. The standard InChI is InChI=1S/C17H20N4O/c1-2-3-9-22-15-10-18-12-19-17-16(15)20-13-21(17)11-14-7-5-4-6-8-14/h4-8,10,12-13H,2-3,9,11H2,1H3,(H,18,19). The number of imidazole rings is 1. The number of benzene rings is 1. The summed E-state index contributed by atoms with van der Waals surface area (Å²) < 4.78 is 7.87. The molecule has 0 unspecified atom stereocenters. The highest BCUT2D eigenvalue weighted by molar-refractivity contribution is 5.74. The SMILES string of the molecule is CCCCOC1=CNC=Nc2c1ncn2Cc1ccccc1. The fourth-order valence-electron chi connectivity index (χ4n) is 2.30. The first kappa shape index (κ1) is 14.4. The summed E-state index contributed by atoms with van der Waals surface area (Å²) in [6.45, 7) is 3.57. The van der Waals surface area contributed by atoms with E-state index >= 15 is 0 Å². The smallest absolute Gasteiger partial charge is 0.165 e. The van der Waals surface area contributed by atoms with Gasteiger partial charge in [-0.05, 0) is 12.0 Å². The van der Waals surface area contributed by atoms with E-state index in [1.165, 1.54) is 5.56 Å². The van der Waals surface area contributed by atoms with Crippen LogP contribution in [-0.2, 0) is 11.3 Å². The highest BCUT2D eigenvalue weighted by atomic mass is 16.5. The van der Waals surface area contributed by atoms with Gasteiger partial charge in [0.1, 0.15) is 0 Å². The molecule has 2 heterocycles. The Morgan fingerprint density at radius 2 is 2.09 bits per heavy atom. The third-order valence-electron chi connectivity index (χ3n) is 3.47. The summed E-state index contributed by atoms with van der Waals surface area (Å²) in [6.07, 6.45) is 7.42. The zero-order valence-corrected chi connectivity index (χ0v) is 12.7. The van der Waals surface area contributed by atoms with Gasteiger partial charge in [0.2, 0.25) is 0 Å². The molecule has 22 heavy (non-hydrogen) atoms. The molecule has 5 nitrogen and oxygen atoms in total. The second-order valence-electron chi connectivity index (χ2n) is 5.17. The minimum atomic E-state index is 0.689. The van der Waals surface area contributed by atoms with Gasteiger partial charge in [-0.25, -0.2) is 9.98 Å². The average molecular weight is 296 g/mol. The number of aliphatic imine (C=N–C) groups is 1. The molecule has 5 heteroatoms. The van der Waals surface area contributed by atoms with Gasteiger partial charge in [-0.1, -0.05) is 43.7 Å². The van der Waals surface area contributed by atoms with Crippen molar-refractivity contribution in [2.24, 2.45) is 4.99 Å². The molecular weight excluding hydrogens is 276 g/mol. The monoisotopic (exact) mass is 296 g/mol. The van der Waals surface area contributed by atoms with Crippen LogP contribution >= 0.6 is 0 Å². The van der Waals surface area contributed by atoms with Crippen LogP contribution in [0.4, 0.5) is 5.82 Å². The van der Waals surface area contributed by atoms with Crippen LogP contribution in [0.25, 0.3) is 5.76 Å². The van der Waals surface area contributed by atoms with Crippen molar-refractivity contribution >= 4 is 17.9 Å². The maximum Gasteiger partial charge on any atom is 0.165 e. The molecule has 0 radical (unpaired) electrons. The lowest BCUT2D eigenvalue weighted by molar-refractivity contribution is 0.268. The van der Waals surface area contributed by atoms with Gasteiger partial charge in [0.25, 0.3) is 0 Å². The Hall–Kier alpha value is -2.56. The molecule has 1 N–H and O–H groups in total. The van der Waals surface area contributed by atoms with E-state index in [-0.39, 0.29) is 0 Å². The molecule has 3 rings (SSSR count). The highest BCUT2D eigenvalue weighted by Gasteiger charge is 2.17. The van der Waals surface area contributed by atoms with Crippen LogP contribution in [0.5, 0.6) is 0 Å². The maximum atomic E-state index is 5.84. The number of rotatable bonds is 6. The van der Waals surface area contributed by atoms with E-state index in [1.807, 2.05) is 35.3 Å². The summed E-state index contributed by atoms with van der Waals surface area (Å²) in [4.78, 5) is 8.94. The molecule has 1 aliphatic heterocycles. The normalized spacial score (nSPS) is 13.0. The second-order valence-corrected chi connectivity index (χ2v) is 5.17. The van der Waals surface area contributed by atoms with Crippen LogP contribution < -0.4 is 5.32 Å². The molecule has 0 amide bonds. The number of ether oxygens (including phenoxy) is 1. The third-order valence-corrected chi connectivity index (χ3v) is 3.47. The third kappa shape index (κ3) is 3.19. The number of hydrogen-bond donors (Lipinski definition) is 1. The van der Waals surface area contributed by atoms with Crippen molar-refractivity contribution in [2.75, 3.05) is 6.61 Å². The van der Waals surface area contributed by atoms with Crippen LogP contribution in [0.15, 0.2) is 47.9 Å². The number of aromatic nitrogens is 2. The van der Waals surface area contributed by atoms with Crippen molar-refractivity contribution < 1.29 is 4.74 Å². The minimum absolute atomic E-state index is 0.689. The predicted molar refractivity (Wildman–Crippen MR) is 87.9 cm³/mol. The fourth-order valence-corrected chi connectivity index (χ4v) is 2.30. The Bertz CT molecular complexity index is 673. The molecule has 0 fully saturated rings. The topological polar surface area (TPSA) is 51.4 Å². The molecule has 114 valence electrons. The van der Waals surface area contributed by atoms with E-state index in [9.17, 15) is 0 Å². The lowest BCUT2D eigenvalue weighted by Crippen LogP contribution is -2.02. The molecule has 0 bridgehead atoms. The molecule has 1 aromatic heterocycles. The van der Waals surface area contributed by atoms with E-state index in [2.05, 4.69) is 34.3 Å². The molecule has 2 aromatic rings. The van der Waals surface area contributed by atoms with Crippen molar-refractivity contribution in [2.45, 2.75) is 26.3 Å². The molecule has 0 aliphatic carbocycles. The lowest BCUT2D eigenvalue weighted by atomic mass is 10.2. The van der Waals surface area contributed by atoms with Crippen LogP contribution in [0.1, 0.15) is 31.0 Å². The molecule has 0 saturated heterocycles. The van der Waals surface area contributed by atoms with Crippen LogP contribution in [-0.4, -0.2) is 22.5 Å². The summed E-state index contributed by atoms with van der Waals surface area (Å²) in [5.41, 5.74) is 2.00. The van der Waals surface area contributed by atoms with E-state index < -0.39 is 0 Å². The van der Waals surface area contributed by atoms with Gasteiger partial charge in [-0.3, -0.25) is 0 Å². The Morgan fingerprint density at radius 1 is 1.23 bits per heavy atom. The zero-order valence-electron chi connectivity index (χ0n) is 12.7. The number of fused-ring (bicyclic) bond motifs is 1. The molecule has 0 saturated carbocycles. The Morgan fingerprint density at radius 3 is 2.91 bits per heavy atom. The minimum Gasteiger partial charge on any atom is -0.490 e. The van der Waals surface area contributed by atoms with Gasteiger partial charge >= 0.3 is 0 Å². The van der Waals surface area contributed by atoms with Crippen molar-refractivity contribution in [1.29, 1.82) is 0 Å². The van der Waals surface area contributed by atoms with E-state index in [1.54, 1.807) is 6.34 Å². The largest absolute Gasteiger partial charge is 0.490 e. The number of nitrogens with one attached hydrogen (secondary N) is 1. The predicted octanol–water partition coefficient (Wildman–Crippen LogP) is 3.31.